The Labute approximate surface area is 603 Å². The fraction of sp³-hybridized carbons (Fsp3) is 0. The summed E-state index contributed by atoms with van der Waals surface area (Å²) in [5.41, 5.74) is 23.3. The number of hydrogen-bond acceptors (Lipinski definition) is 6. The van der Waals surface area contributed by atoms with Crippen LogP contribution in [0.2, 0.25) is 0 Å². The first kappa shape index (κ1) is 62.3. The fourth-order valence-corrected chi connectivity index (χ4v) is 14.3. The number of nitrogens with zero attached hydrogens (tertiary/aromatic N) is 6. The maximum atomic E-state index is 5.23. The average molecular weight is 1330 g/mol. The highest BCUT2D eigenvalue weighted by Crippen LogP contribution is 2.39. The number of pyridine rings is 2. The minimum absolute atomic E-state index is 0.685. The second kappa shape index (κ2) is 27.6. The van der Waals surface area contributed by atoms with E-state index in [4.69, 9.17) is 19.9 Å². The molecule has 4 aromatic heterocycles. The summed E-state index contributed by atoms with van der Waals surface area (Å²) in [4.78, 5) is 29.7. The van der Waals surface area contributed by atoms with Gasteiger partial charge in [0.1, 0.15) is 0 Å². The molecule has 0 N–H and O–H groups in total. The van der Waals surface area contributed by atoms with E-state index >= 15 is 0 Å². The summed E-state index contributed by atoms with van der Waals surface area (Å²) >= 11 is 0. The zero-order valence-electron chi connectivity index (χ0n) is 56.6. The Morgan fingerprint density at radius 2 is 0.500 bits per heavy atom. The summed E-state index contributed by atoms with van der Waals surface area (Å²) in [6.45, 7) is 0. The van der Waals surface area contributed by atoms with Gasteiger partial charge in [-0.05, 0) is 158 Å². The first-order valence-corrected chi connectivity index (χ1v) is 35.1. The van der Waals surface area contributed by atoms with Gasteiger partial charge in [0.2, 0.25) is 0 Å². The molecule has 19 rings (SSSR count). The predicted molar refractivity (Wildman–Crippen MR) is 432 cm³/mol. The monoisotopic (exact) mass is 1320 g/mol. The summed E-state index contributed by atoms with van der Waals surface area (Å²) in [7, 11) is 0. The maximum Gasteiger partial charge on any atom is 0.160 e. The van der Waals surface area contributed by atoms with Crippen LogP contribution in [0.4, 0.5) is 0 Å². The van der Waals surface area contributed by atoms with Gasteiger partial charge in [0.25, 0.3) is 0 Å². The molecule has 6 heteroatoms. The molecule has 0 radical (unpaired) electrons. The predicted octanol–water partition coefficient (Wildman–Crippen LogP) is 25.5. The molecular formula is C98H64N6. The molecule has 19 aromatic rings. The molecule has 0 amide bonds. The third kappa shape index (κ3) is 12.7. The van der Waals surface area contributed by atoms with Gasteiger partial charge in [-0.2, -0.15) is 0 Å². The molecule has 15 aromatic carbocycles. The second-order valence-corrected chi connectivity index (χ2v) is 26.2. The van der Waals surface area contributed by atoms with Crippen molar-refractivity contribution in [2.75, 3.05) is 0 Å². The highest BCUT2D eigenvalue weighted by molar-refractivity contribution is 6.00. The van der Waals surface area contributed by atoms with E-state index in [0.29, 0.717) is 11.6 Å². The third-order valence-corrected chi connectivity index (χ3v) is 19.7. The van der Waals surface area contributed by atoms with Gasteiger partial charge in [-0.3, -0.25) is 9.97 Å². The third-order valence-electron chi connectivity index (χ3n) is 19.7. The van der Waals surface area contributed by atoms with Gasteiger partial charge >= 0.3 is 0 Å². The minimum Gasteiger partial charge on any atom is -0.264 e. The van der Waals surface area contributed by atoms with Gasteiger partial charge in [-0.25, -0.2) is 19.9 Å². The first-order valence-electron chi connectivity index (χ1n) is 35.1. The lowest BCUT2D eigenvalue weighted by atomic mass is 9.96. The van der Waals surface area contributed by atoms with Gasteiger partial charge in [0.05, 0.1) is 22.8 Å². The van der Waals surface area contributed by atoms with Crippen molar-refractivity contribution in [1.29, 1.82) is 0 Å². The Kier molecular flexibility index (Phi) is 16.6. The van der Waals surface area contributed by atoms with E-state index in [1.54, 1.807) is 6.20 Å². The van der Waals surface area contributed by atoms with Crippen LogP contribution in [0.15, 0.2) is 389 Å². The van der Waals surface area contributed by atoms with Crippen LogP contribution in [0.3, 0.4) is 0 Å². The van der Waals surface area contributed by atoms with Crippen LogP contribution in [0.1, 0.15) is 0 Å². The van der Waals surface area contributed by atoms with E-state index < -0.39 is 0 Å². The lowest BCUT2D eigenvalue weighted by molar-refractivity contribution is 1.18. The molecule has 0 saturated heterocycles. The number of hydrogen-bond donors (Lipinski definition) is 0. The summed E-state index contributed by atoms with van der Waals surface area (Å²) in [6, 6.07) is 129. The number of rotatable bonds is 12. The molecule has 0 saturated carbocycles. The quantitative estimate of drug-likeness (QED) is 0.121. The first-order chi connectivity index (χ1) is 51.5. The summed E-state index contributed by atoms with van der Waals surface area (Å²) in [5.74, 6) is 1.37. The van der Waals surface area contributed by atoms with Crippen molar-refractivity contribution >= 4 is 53.9 Å². The second-order valence-electron chi connectivity index (χ2n) is 26.2. The SMILES string of the molecule is c1cc(-c2nc(-c3ccc(-c4cccc5ccccc45)cc3)cc(-c3ccc(-c4cncc5ccccc45)cc3)n2)cc(-c2cccc3ccccc23)c1.c1cncc(-c2ccc(-c3cc(-c4cccc(-c5ccc6ccccc6c5)c4)nc(-c4cccc(-c5ccc6ccccc6c5)c4)n3)cc2)c1. The van der Waals surface area contributed by atoms with Crippen LogP contribution < -0.4 is 0 Å². The van der Waals surface area contributed by atoms with Crippen molar-refractivity contribution in [3.8, 4) is 135 Å². The topological polar surface area (TPSA) is 77.3 Å². The molecule has 0 bridgehead atoms. The molecule has 104 heavy (non-hydrogen) atoms. The van der Waals surface area contributed by atoms with Gasteiger partial charge in [0.15, 0.2) is 11.6 Å². The molecule has 0 spiro atoms. The molecule has 0 aliphatic rings. The van der Waals surface area contributed by atoms with Crippen molar-refractivity contribution in [2.24, 2.45) is 0 Å². The zero-order valence-corrected chi connectivity index (χ0v) is 56.6. The summed E-state index contributed by atoms with van der Waals surface area (Å²) < 4.78 is 0. The van der Waals surface area contributed by atoms with Gasteiger partial charge in [-0.15, -0.1) is 0 Å². The highest BCUT2D eigenvalue weighted by Gasteiger charge is 2.18. The molecule has 6 nitrogen and oxygen atoms in total. The minimum atomic E-state index is 0.685. The highest BCUT2D eigenvalue weighted by atomic mass is 14.9. The molecule has 4 heterocycles. The van der Waals surface area contributed by atoms with Crippen molar-refractivity contribution < 1.29 is 0 Å². The maximum absolute atomic E-state index is 5.23. The van der Waals surface area contributed by atoms with E-state index in [1.165, 1.54) is 70.7 Å². The van der Waals surface area contributed by atoms with Crippen LogP contribution >= 0.6 is 0 Å². The van der Waals surface area contributed by atoms with Crippen molar-refractivity contribution in [3.63, 3.8) is 0 Å². The van der Waals surface area contributed by atoms with Crippen LogP contribution in [-0.4, -0.2) is 29.9 Å². The molecular weight excluding hydrogens is 1260 g/mol. The van der Waals surface area contributed by atoms with Crippen molar-refractivity contribution in [3.05, 3.63) is 389 Å². The molecule has 0 aliphatic heterocycles. The van der Waals surface area contributed by atoms with E-state index in [-0.39, 0.29) is 0 Å². The lowest BCUT2D eigenvalue weighted by Gasteiger charge is -2.13. The lowest BCUT2D eigenvalue weighted by Crippen LogP contribution is -1.96. The Bertz CT molecular complexity index is 6110. The normalized spacial score (nSPS) is 11.3. The molecule has 0 unspecified atom stereocenters. The zero-order chi connectivity index (χ0) is 69.1. The van der Waals surface area contributed by atoms with Crippen LogP contribution in [0.25, 0.3) is 188 Å². The molecule has 486 valence electrons. The van der Waals surface area contributed by atoms with E-state index in [2.05, 4.69) is 368 Å². The number of fused-ring (bicyclic) bond motifs is 5. The van der Waals surface area contributed by atoms with Crippen molar-refractivity contribution in [2.45, 2.75) is 0 Å². The standard InChI is InChI=1S/C51H33N3.C47H31N3/c1-4-17-43-34(10-1)13-8-20-45(43)36-22-26-38(27-23-36)49-31-50(39-28-24-37(25-29-39)48-33-52-32-42-12-3-6-19-47(42)48)54-51(53-49)41-16-7-15-40(30-41)46-21-9-14-35-11-2-5-18-44(35)46;1-3-10-36-26-40(23-19-32(36)8-1)38-12-5-14-42(28-38)46-30-45(35-21-17-34(18-22-35)44-16-7-25-48-31-44)49-47(50-46)43-15-6-13-39(29-43)41-24-20-33-9-2-4-11-37(33)27-41/h1-33H;1-31H. The van der Waals surface area contributed by atoms with E-state index in [9.17, 15) is 0 Å². The van der Waals surface area contributed by atoms with Crippen molar-refractivity contribution in [1.82, 2.24) is 29.9 Å². The average Bonchev–Trinajstić information content (AvgIpc) is 1.00. The Hall–Kier alpha value is -13.9. The van der Waals surface area contributed by atoms with Crippen LogP contribution in [-0.2, 0) is 0 Å². The summed E-state index contributed by atoms with van der Waals surface area (Å²) in [6.07, 6.45) is 7.55. The molecule has 0 fully saturated rings. The Balaban J connectivity index is 0.000000149. The van der Waals surface area contributed by atoms with Crippen LogP contribution in [0.5, 0.6) is 0 Å². The summed E-state index contributed by atoms with van der Waals surface area (Å²) in [5, 5.41) is 12.1. The largest absolute Gasteiger partial charge is 0.264 e. The van der Waals surface area contributed by atoms with E-state index in [0.717, 1.165) is 106 Å². The Morgan fingerprint density at radius 1 is 0.154 bits per heavy atom. The van der Waals surface area contributed by atoms with Crippen LogP contribution in [0, 0.1) is 0 Å². The van der Waals surface area contributed by atoms with Gasteiger partial charge < -0.3 is 0 Å². The van der Waals surface area contributed by atoms with Gasteiger partial charge in [0, 0.05) is 69.1 Å². The molecule has 0 atom stereocenters. The molecule has 0 aliphatic carbocycles. The van der Waals surface area contributed by atoms with E-state index in [1.807, 2.05) is 24.7 Å². The van der Waals surface area contributed by atoms with Gasteiger partial charge in [-0.1, -0.05) is 315 Å². The number of aromatic nitrogens is 6. The Morgan fingerprint density at radius 3 is 1.02 bits per heavy atom. The smallest absolute Gasteiger partial charge is 0.160 e. The fourth-order valence-electron chi connectivity index (χ4n) is 14.3. The number of benzene rings is 15.